The quantitative estimate of drug-likeness (QED) is 0.284. The summed E-state index contributed by atoms with van der Waals surface area (Å²) >= 11 is 0. The summed E-state index contributed by atoms with van der Waals surface area (Å²) in [5, 5.41) is 11.7. The number of nitrogens with one attached hydrogen (secondary N) is 2. The van der Waals surface area contributed by atoms with Gasteiger partial charge in [-0.15, -0.1) is 0 Å². The number of hydroxylamine groups is 1. The molecule has 0 heterocycles. The second kappa shape index (κ2) is 10.3. The second-order valence-corrected chi connectivity index (χ2v) is 5.93. The van der Waals surface area contributed by atoms with Gasteiger partial charge < -0.3 is 5.32 Å². The van der Waals surface area contributed by atoms with Crippen LogP contribution in [0.4, 0.5) is 0 Å². The summed E-state index contributed by atoms with van der Waals surface area (Å²) in [5.41, 5.74) is 3.86. The molecule has 0 saturated carbocycles. The Kier molecular flexibility index (Phi) is 7.66. The molecule has 0 aliphatic heterocycles. The van der Waals surface area contributed by atoms with Gasteiger partial charge in [0, 0.05) is 6.54 Å². The van der Waals surface area contributed by atoms with E-state index in [9.17, 15) is 9.59 Å². The van der Waals surface area contributed by atoms with Crippen molar-refractivity contribution < 1.29 is 14.8 Å². The Balaban J connectivity index is 1.80. The Morgan fingerprint density at radius 1 is 0.840 bits per heavy atom. The summed E-state index contributed by atoms with van der Waals surface area (Å²) < 4.78 is 0. The molecule has 1 atom stereocenters. The van der Waals surface area contributed by atoms with E-state index in [4.69, 9.17) is 5.21 Å². The van der Waals surface area contributed by atoms with Crippen molar-refractivity contribution in [1.82, 2.24) is 10.8 Å². The van der Waals surface area contributed by atoms with Crippen LogP contribution in [0.2, 0.25) is 0 Å². The Labute approximate surface area is 148 Å². The Bertz CT molecular complexity index is 659. The van der Waals surface area contributed by atoms with E-state index in [-0.39, 0.29) is 5.91 Å². The van der Waals surface area contributed by atoms with Gasteiger partial charge in [0.05, 0.1) is 0 Å². The zero-order valence-electron chi connectivity index (χ0n) is 14.2. The molecule has 0 aromatic heterocycles. The third-order valence-electron chi connectivity index (χ3n) is 4.09. The average molecular weight is 340 g/mol. The van der Waals surface area contributed by atoms with E-state index in [1.807, 2.05) is 60.7 Å². The predicted molar refractivity (Wildman–Crippen MR) is 96.0 cm³/mol. The number of carbonyl (C=O) groups excluding carboxylic acids is 2. The van der Waals surface area contributed by atoms with E-state index in [1.165, 1.54) is 5.56 Å². The fraction of sp³-hybridized carbons (Fsp3) is 0.300. The molecule has 2 amide bonds. The van der Waals surface area contributed by atoms with Crippen LogP contribution >= 0.6 is 0 Å². The van der Waals surface area contributed by atoms with Gasteiger partial charge >= 0.3 is 0 Å². The van der Waals surface area contributed by atoms with Crippen LogP contribution in [-0.2, 0) is 22.4 Å². The van der Waals surface area contributed by atoms with Gasteiger partial charge in [-0.1, -0.05) is 60.7 Å². The standard InChI is InChI=1S/C20H24N2O3/c23-19(21-15-7-12-16-8-3-1-4-9-16)18(20(24)22-25)14-13-17-10-5-2-6-11-17/h1-6,8-11,18,25H,7,12-15H2,(H,21,23)(H,22,24)/t18-/m1/s1. The molecule has 3 N–H and O–H groups in total. The highest BCUT2D eigenvalue weighted by molar-refractivity contribution is 5.99. The van der Waals surface area contributed by atoms with Crippen LogP contribution in [0.25, 0.3) is 0 Å². The van der Waals surface area contributed by atoms with Crippen molar-refractivity contribution in [3.05, 3.63) is 71.8 Å². The van der Waals surface area contributed by atoms with E-state index in [0.29, 0.717) is 19.4 Å². The summed E-state index contributed by atoms with van der Waals surface area (Å²) in [5.74, 6) is -1.92. The molecular formula is C20H24N2O3. The monoisotopic (exact) mass is 340 g/mol. The smallest absolute Gasteiger partial charge is 0.255 e. The number of amides is 2. The fourth-order valence-electron chi connectivity index (χ4n) is 2.69. The van der Waals surface area contributed by atoms with Crippen LogP contribution in [0.1, 0.15) is 24.0 Å². The summed E-state index contributed by atoms with van der Waals surface area (Å²) in [4.78, 5) is 24.1. The van der Waals surface area contributed by atoms with E-state index in [0.717, 1.165) is 18.4 Å². The van der Waals surface area contributed by atoms with E-state index in [1.54, 1.807) is 5.48 Å². The first-order valence-corrected chi connectivity index (χ1v) is 8.50. The maximum absolute atomic E-state index is 12.3. The van der Waals surface area contributed by atoms with Crippen molar-refractivity contribution in [2.75, 3.05) is 6.54 Å². The maximum atomic E-state index is 12.3. The third-order valence-corrected chi connectivity index (χ3v) is 4.09. The lowest BCUT2D eigenvalue weighted by Gasteiger charge is -2.15. The number of hydrogen-bond acceptors (Lipinski definition) is 3. The van der Waals surface area contributed by atoms with Crippen LogP contribution in [0, 0.1) is 5.92 Å². The van der Waals surface area contributed by atoms with E-state index < -0.39 is 11.8 Å². The Morgan fingerprint density at radius 2 is 1.40 bits per heavy atom. The SMILES string of the molecule is O=C(NO)[C@H](CCc1ccccc1)C(=O)NCCCc1ccccc1. The van der Waals surface area contributed by atoms with Crippen LogP contribution in [0.5, 0.6) is 0 Å². The maximum Gasteiger partial charge on any atom is 0.255 e. The number of benzene rings is 2. The van der Waals surface area contributed by atoms with Crippen molar-refractivity contribution in [2.45, 2.75) is 25.7 Å². The molecular weight excluding hydrogens is 316 g/mol. The number of hydrogen-bond donors (Lipinski definition) is 3. The van der Waals surface area contributed by atoms with E-state index in [2.05, 4.69) is 5.32 Å². The average Bonchev–Trinajstić information content (AvgIpc) is 2.66. The normalized spacial score (nSPS) is 11.6. The molecule has 2 aromatic carbocycles. The molecule has 2 aromatic rings. The molecule has 0 unspecified atom stereocenters. The molecule has 5 nitrogen and oxygen atoms in total. The van der Waals surface area contributed by atoms with Gasteiger partial charge in [-0.05, 0) is 36.8 Å². The molecule has 2 rings (SSSR count). The summed E-state index contributed by atoms with van der Waals surface area (Å²) in [6.07, 6.45) is 2.60. The summed E-state index contributed by atoms with van der Waals surface area (Å²) in [6, 6.07) is 19.7. The number of aryl methyl sites for hydroxylation is 2. The molecule has 5 heteroatoms. The first-order chi connectivity index (χ1) is 12.2. The van der Waals surface area contributed by atoms with Crippen molar-refractivity contribution in [3.63, 3.8) is 0 Å². The van der Waals surface area contributed by atoms with Gasteiger partial charge in [0.25, 0.3) is 5.91 Å². The second-order valence-electron chi connectivity index (χ2n) is 5.93. The highest BCUT2D eigenvalue weighted by Crippen LogP contribution is 2.11. The molecule has 132 valence electrons. The van der Waals surface area contributed by atoms with E-state index >= 15 is 0 Å². The highest BCUT2D eigenvalue weighted by atomic mass is 16.5. The van der Waals surface area contributed by atoms with Crippen LogP contribution in [-0.4, -0.2) is 23.6 Å². The summed E-state index contributed by atoms with van der Waals surface area (Å²) in [6.45, 7) is 0.494. The van der Waals surface area contributed by atoms with Gasteiger partial charge in [0.2, 0.25) is 5.91 Å². The van der Waals surface area contributed by atoms with Crippen LogP contribution < -0.4 is 10.8 Å². The van der Waals surface area contributed by atoms with Crippen LogP contribution in [0.15, 0.2) is 60.7 Å². The lowest BCUT2D eigenvalue weighted by Crippen LogP contribution is -2.41. The molecule has 0 spiro atoms. The van der Waals surface area contributed by atoms with Crippen molar-refractivity contribution in [1.29, 1.82) is 0 Å². The van der Waals surface area contributed by atoms with Crippen molar-refractivity contribution in [2.24, 2.45) is 5.92 Å². The first-order valence-electron chi connectivity index (χ1n) is 8.50. The molecule has 0 aliphatic carbocycles. The first kappa shape index (κ1) is 18.7. The minimum absolute atomic E-state index is 0.348. The minimum atomic E-state index is -0.901. The molecule has 0 aliphatic rings. The Morgan fingerprint density at radius 3 is 1.96 bits per heavy atom. The number of rotatable bonds is 9. The minimum Gasteiger partial charge on any atom is -0.355 e. The van der Waals surface area contributed by atoms with Crippen molar-refractivity contribution >= 4 is 11.8 Å². The lowest BCUT2D eigenvalue weighted by molar-refractivity contribution is -0.140. The topological polar surface area (TPSA) is 78.4 Å². The van der Waals surface area contributed by atoms with Gasteiger partial charge in [0.1, 0.15) is 5.92 Å². The summed E-state index contributed by atoms with van der Waals surface area (Å²) in [7, 11) is 0. The largest absolute Gasteiger partial charge is 0.355 e. The predicted octanol–water partition coefficient (Wildman–Crippen LogP) is 2.49. The van der Waals surface area contributed by atoms with Gasteiger partial charge in [-0.2, -0.15) is 0 Å². The van der Waals surface area contributed by atoms with Crippen molar-refractivity contribution in [3.8, 4) is 0 Å². The molecule has 0 bridgehead atoms. The molecule has 0 fully saturated rings. The zero-order valence-corrected chi connectivity index (χ0v) is 14.2. The van der Waals surface area contributed by atoms with Gasteiger partial charge in [0.15, 0.2) is 0 Å². The van der Waals surface area contributed by atoms with Gasteiger partial charge in [-0.25, -0.2) is 5.48 Å². The van der Waals surface area contributed by atoms with Gasteiger partial charge in [-0.3, -0.25) is 14.8 Å². The molecule has 0 saturated heterocycles. The fourth-order valence-corrected chi connectivity index (χ4v) is 2.69. The zero-order chi connectivity index (χ0) is 17.9. The van der Waals surface area contributed by atoms with Crippen LogP contribution in [0.3, 0.4) is 0 Å². The Hall–Kier alpha value is -2.66. The highest BCUT2D eigenvalue weighted by Gasteiger charge is 2.25. The molecule has 25 heavy (non-hydrogen) atoms. The lowest BCUT2D eigenvalue weighted by atomic mass is 9.98. The third kappa shape index (κ3) is 6.39. The number of carbonyl (C=O) groups is 2. The molecule has 0 radical (unpaired) electrons.